The molecule has 0 unspecified atom stereocenters. The van der Waals surface area contributed by atoms with Gasteiger partial charge in [0.2, 0.25) is 0 Å². The number of aromatic nitrogens is 1. The SMILES string of the molecule is O=C(Nc1nc(C2CC2)cs1)c1ccc([N+](=O)[O-])s1. The molecule has 1 fully saturated rings. The lowest BCUT2D eigenvalue weighted by atomic mass is 10.3. The summed E-state index contributed by atoms with van der Waals surface area (Å²) in [5.41, 5.74) is 1.03. The van der Waals surface area contributed by atoms with Gasteiger partial charge >= 0.3 is 5.00 Å². The van der Waals surface area contributed by atoms with Gasteiger partial charge in [-0.3, -0.25) is 20.2 Å². The predicted molar refractivity (Wildman–Crippen MR) is 73.0 cm³/mol. The Morgan fingerprint density at radius 2 is 2.26 bits per heavy atom. The van der Waals surface area contributed by atoms with Crippen LogP contribution < -0.4 is 5.32 Å². The van der Waals surface area contributed by atoms with Crippen molar-refractivity contribution in [3.8, 4) is 0 Å². The molecule has 98 valence electrons. The summed E-state index contributed by atoms with van der Waals surface area (Å²) >= 11 is 2.24. The van der Waals surface area contributed by atoms with E-state index in [-0.39, 0.29) is 10.9 Å². The monoisotopic (exact) mass is 295 g/mol. The van der Waals surface area contributed by atoms with Gasteiger partial charge in [-0.15, -0.1) is 11.3 Å². The molecule has 0 atom stereocenters. The van der Waals surface area contributed by atoms with E-state index >= 15 is 0 Å². The van der Waals surface area contributed by atoms with Gasteiger partial charge in [0.25, 0.3) is 5.91 Å². The summed E-state index contributed by atoms with van der Waals surface area (Å²) in [7, 11) is 0. The molecule has 0 bridgehead atoms. The van der Waals surface area contributed by atoms with Gasteiger partial charge < -0.3 is 0 Å². The normalized spacial score (nSPS) is 14.3. The summed E-state index contributed by atoms with van der Waals surface area (Å²) < 4.78 is 0. The maximum absolute atomic E-state index is 11.9. The van der Waals surface area contributed by atoms with Crippen LogP contribution >= 0.6 is 22.7 Å². The summed E-state index contributed by atoms with van der Waals surface area (Å²) in [6, 6.07) is 2.78. The van der Waals surface area contributed by atoms with Crippen molar-refractivity contribution in [2.75, 3.05) is 5.32 Å². The summed E-state index contributed by atoms with van der Waals surface area (Å²) in [6.45, 7) is 0. The third kappa shape index (κ3) is 2.64. The van der Waals surface area contributed by atoms with Crippen LogP contribution in [0.15, 0.2) is 17.5 Å². The zero-order valence-corrected chi connectivity index (χ0v) is 11.3. The van der Waals surface area contributed by atoms with Crippen molar-refractivity contribution >= 4 is 38.7 Å². The second-order valence-corrected chi connectivity index (χ2v) is 6.12. The minimum atomic E-state index is -0.504. The molecule has 1 N–H and O–H groups in total. The van der Waals surface area contributed by atoms with Gasteiger partial charge in [0.1, 0.15) is 0 Å². The molecule has 19 heavy (non-hydrogen) atoms. The van der Waals surface area contributed by atoms with Crippen molar-refractivity contribution < 1.29 is 9.72 Å². The molecule has 8 heteroatoms. The van der Waals surface area contributed by atoms with Gasteiger partial charge in [0.05, 0.1) is 15.5 Å². The van der Waals surface area contributed by atoms with E-state index in [0.29, 0.717) is 15.9 Å². The minimum Gasteiger partial charge on any atom is -0.297 e. The lowest BCUT2D eigenvalue weighted by Crippen LogP contribution is -2.09. The average Bonchev–Trinajstić information content (AvgIpc) is 2.92. The third-order valence-corrected chi connectivity index (χ3v) is 4.55. The van der Waals surface area contributed by atoms with Crippen molar-refractivity contribution in [2.45, 2.75) is 18.8 Å². The van der Waals surface area contributed by atoms with Crippen molar-refractivity contribution in [3.63, 3.8) is 0 Å². The Hall–Kier alpha value is -1.80. The van der Waals surface area contributed by atoms with Crippen molar-refractivity contribution in [2.24, 2.45) is 0 Å². The van der Waals surface area contributed by atoms with Crippen LogP contribution in [-0.4, -0.2) is 15.8 Å². The van der Waals surface area contributed by atoms with Crippen molar-refractivity contribution in [1.29, 1.82) is 0 Å². The number of thiophene rings is 1. The van der Waals surface area contributed by atoms with E-state index < -0.39 is 4.92 Å². The number of hydrogen-bond donors (Lipinski definition) is 1. The number of carbonyl (C=O) groups is 1. The van der Waals surface area contributed by atoms with E-state index in [9.17, 15) is 14.9 Å². The number of anilines is 1. The fraction of sp³-hybridized carbons (Fsp3) is 0.273. The molecule has 0 aromatic carbocycles. The van der Waals surface area contributed by atoms with Crippen LogP contribution in [0.2, 0.25) is 0 Å². The van der Waals surface area contributed by atoms with E-state index in [1.807, 2.05) is 5.38 Å². The lowest BCUT2D eigenvalue weighted by molar-refractivity contribution is -0.380. The molecule has 1 aliphatic carbocycles. The number of nitro groups is 1. The first-order valence-corrected chi connectivity index (χ1v) is 7.34. The van der Waals surface area contributed by atoms with Gasteiger partial charge in [-0.05, 0) is 18.9 Å². The first-order chi connectivity index (χ1) is 9.13. The minimum absolute atomic E-state index is 0.0389. The summed E-state index contributed by atoms with van der Waals surface area (Å²) in [5, 5.41) is 15.7. The number of carbonyl (C=O) groups excluding carboxylic acids is 1. The molecule has 0 radical (unpaired) electrons. The van der Waals surface area contributed by atoms with Crippen molar-refractivity contribution in [1.82, 2.24) is 4.98 Å². The van der Waals surface area contributed by atoms with Crippen LogP contribution in [0.4, 0.5) is 10.1 Å². The van der Waals surface area contributed by atoms with Crippen LogP contribution in [0.5, 0.6) is 0 Å². The Morgan fingerprint density at radius 1 is 1.47 bits per heavy atom. The molecule has 6 nitrogen and oxygen atoms in total. The zero-order valence-electron chi connectivity index (χ0n) is 9.66. The highest BCUT2D eigenvalue weighted by Gasteiger charge is 2.26. The first-order valence-electron chi connectivity index (χ1n) is 5.64. The molecule has 2 heterocycles. The Balaban J connectivity index is 1.70. The van der Waals surface area contributed by atoms with Gasteiger partial charge in [-0.1, -0.05) is 11.3 Å². The van der Waals surface area contributed by atoms with E-state index in [4.69, 9.17) is 0 Å². The smallest absolute Gasteiger partial charge is 0.297 e. The van der Waals surface area contributed by atoms with Crippen LogP contribution in [0, 0.1) is 10.1 Å². The second kappa shape index (κ2) is 4.71. The van der Waals surface area contributed by atoms with Gasteiger partial charge in [-0.25, -0.2) is 4.98 Å². The molecular formula is C11H9N3O3S2. The fourth-order valence-electron chi connectivity index (χ4n) is 1.62. The number of hydrogen-bond acceptors (Lipinski definition) is 6. The largest absolute Gasteiger partial charge is 0.324 e. The zero-order chi connectivity index (χ0) is 13.4. The Morgan fingerprint density at radius 3 is 2.89 bits per heavy atom. The Kier molecular flexibility index (Phi) is 3.03. The van der Waals surface area contributed by atoms with Crippen LogP contribution in [0.1, 0.15) is 34.1 Å². The number of rotatable bonds is 4. The lowest BCUT2D eigenvalue weighted by Gasteiger charge is -1.97. The van der Waals surface area contributed by atoms with Crippen LogP contribution in [-0.2, 0) is 0 Å². The standard InChI is InChI=1S/C11H9N3O3S2/c15-10(8-3-4-9(19-8)14(16)17)13-11-12-7(5-18-11)6-1-2-6/h3-6H,1-2H2,(H,12,13,15). The average molecular weight is 295 g/mol. The topological polar surface area (TPSA) is 85.1 Å². The summed E-state index contributed by atoms with van der Waals surface area (Å²) in [4.78, 5) is 26.6. The number of amides is 1. The number of thiazole rings is 1. The Bertz CT molecular complexity index is 645. The van der Waals surface area contributed by atoms with Crippen LogP contribution in [0.25, 0.3) is 0 Å². The molecule has 0 saturated heterocycles. The predicted octanol–water partition coefficient (Wildman–Crippen LogP) is 3.24. The highest BCUT2D eigenvalue weighted by atomic mass is 32.1. The molecule has 3 rings (SSSR count). The van der Waals surface area contributed by atoms with E-state index in [1.54, 1.807) is 0 Å². The highest BCUT2D eigenvalue weighted by Crippen LogP contribution is 2.41. The summed E-state index contributed by atoms with van der Waals surface area (Å²) in [5.74, 6) is 0.194. The van der Waals surface area contributed by atoms with Crippen molar-refractivity contribution in [3.05, 3.63) is 38.2 Å². The molecule has 2 aromatic heterocycles. The quantitative estimate of drug-likeness (QED) is 0.693. The maximum Gasteiger partial charge on any atom is 0.324 e. The Labute approximate surface area is 116 Å². The third-order valence-electron chi connectivity index (χ3n) is 2.73. The van der Waals surface area contributed by atoms with Gasteiger partial charge in [0.15, 0.2) is 5.13 Å². The molecular weight excluding hydrogens is 286 g/mol. The van der Waals surface area contributed by atoms with E-state index in [0.717, 1.165) is 29.9 Å². The summed E-state index contributed by atoms with van der Waals surface area (Å²) in [6.07, 6.45) is 2.32. The first kappa shape index (κ1) is 12.2. The van der Waals surface area contributed by atoms with Gasteiger partial charge in [0, 0.05) is 17.4 Å². The molecule has 1 aliphatic rings. The molecule has 1 amide bonds. The molecule has 2 aromatic rings. The van der Waals surface area contributed by atoms with E-state index in [1.165, 1.54) is 23.5 Å². The molecule has 1 saturated carbocycles. The highest BCUT2D eigenvalue weighted by molar-refractivity contribution is 7.17. The number of nitrogens with one attached hydrogen (secondary N) is 1. The molecule has 0 aliphatic heterocycles. The van der Waals surface area contributed by atoms with Gasteiger partial charge in [-0.2, -0.15) is 0 Å². The van der Waals surface area contributed by atoms with Crippen LogP contribution in [0.3, 0.4) is 0 Å². The second-order valence-electron chi connectivity index (χ2n) is 4.20. The number of nitrogens with zero attached hydrogens (tertiary/aromatic N) is 2. The fourth-order valence-corrected chi connectivity index (χ4v) is 3.12. The maximum atomic E-state index is 11.9. The van der Waals surface area contributed by atoms with E-state index in [2.05, 4.69) is 10.3 Å². The molecule has 0 spiro atoms.